The Morgan fingerprint density at radius 1 is 0.625 bits per heavy atom. The summed E-state index contributed by atoms with van der Waals surface area (Å²) in [6, 6.07) is 12.9. The zero-order valence-electron chi connectivity index (χ0n) is 14.4. The van der Waals surface area contributed by atoms with Crippen molar-refractivity contribution in [1.29, 1.82) is 0 Å². The fourth-order valence-electron chi connectivity index (χ4n) is 3.49. The van der Waals surface area contributed by atoms with Crippen LogP contribution in [0.3, 0.4) is 0 Å². The molecule has 2 aromatic rings. The van der Waals surface area contributed by atoms with Gasteiger partial charge in [0.05, 0.1) is 22.8 Å². The van der Waals surface area contributed by atoms with E-state index >= 15 is 0 Å². The highest BCUT2D eigenvalue weighted by Crippen LogP contribution is 2.15. The number of pyridine rings is 2. The van der Waals surface area contributed by atoms with Gasteiger partial charge in [-0.2, -0.15) is 0 Å². The second kappa shape index (κ2) is 6.97. The third kappa shape index (κ3) is 3.80. The number of nitrogens with zero attached hydrogens (tertiary/aromatic N) is 5. The number of aromatic nitrogens is 2. The average molecular weight is 323 g/mol. The molecular weight excluding hydrogens is 298 g/mol. The Bertz CT molecular complexity index is 600. The Hall–Kier alpha value is -1.82. The largest absolute Gasteiger partial charge is 0.304 e. The lowest BCUT2D eigenvalue weighted by atomic mass is 10.2. The van der Waals surface area contributed by atoms with Crippen molar-refractivity contribution < 1.29 is 0 Å². The lowest BCUT2D eigenvalue weighted by molar-refractivity contribution is 0.170. The van der Waals surface area contributed by atoms with Crippen LogP contribution in [0.15, 0.2) is 36.4 Å². The van der Waals surface area contributed by atoms with Gasteiger partial charge in [0.1, 0.15) is 0 Å². The maximum absolute atomic E-state index is 4.90. The van der Waals surface area contributed by atoms with Gasteiger partial charge >= 0.3 is 0 Å². The number of rotatable bonds is 0. The van der Waals surface area contributed by atoms with Crippen LogP contribution in [-0.2, 0) is 26.2 Å². The molecule has 5 heteroatoms. The molecule has 5 heterocycles. The summed E-state index contributed by atoms with van der Waals surface area (Å²) in [5.74, 6) is 0. The van der Waals surface area contributed by atoms with Gasteiger partial charge in [-0.15, -0.1) is 0 Å². The van der Waals surface area contributed by atoms with E-state index in [2.05, 4.69) is 58.1 Å². The first kappa shape index (κ1) is 15.7. The molecule has 3 aliphatic heterocycles. The normalized spacial score (nSPS) is 25.0. The lowest BCUT2D eigenvalue weighted by Gasteiger charge is -2.30. The summed E-state index contributed by atoms with van der Waals surface area (Å²) in [6.45, 7) is 7.76. The van der Waals surface area contributed by atoms with Gasteiger partial charge in [0, 0.05) is 52.4 Å². The molecule has 0 N–H and O–H groups in total. The van der Waals surface area contributed by atoms with E-state index in [1.807, 2.05) is 0 Å². The van der Waals surface area contributed by atoms with Crippen molar-refractivity contribution in [1.82, 2.24) is 24.7 Å². The van der Waals surface area contributed by atoms with Gasteiger partial charge in [0.25, 0.3) is 0 Å². The molecule has 2 aromatic heterocycles. The quantitative estimate of drug-likeness (QED) is 0.738. The van der Waals surface area contributed by atoms with Crippen LogP contribution in [0.2, 0.25) is 0 Å². The third-order valence-corrected chi connectivity index (χ3v) is 4.87. The maximum atomic E-state index is 4.90. The standard InChI is InChI=1S/C19H25N5/c1-22-8-10-23-12-16-4-2-5-17(20-16)13-24(11-9-22)15-19-7-3-6-18(14-23)21-19/h2-7H,8-15H2,1H3. The van der Waals surface area contributed by atoms with Crippen molar-refractivity contribution in [2.24, 2.45) is 0 Å². The van der Waals surface area contributed by atoms with E-state index in [-0.39, 0.29) is 0 Å². The molecule has 0 radical (unpaired) electrons. The Morgan fingerprint density at radius 2 is 1.00 bits per heavy atom. The van der Waals surface area contributed by atoms with Gasteiger partial charge in [-0.25, -0.2) is 0 Å². The van der Waals surface area contributed by atoms with E-state index in [1.165, 1.54) is 0 Å². The highest BCUT2D eigenvalue weighted by molar-refractivity contribution is 5.15. The molecule has 5 nitrogen and oxygen atoms in total. The second-order valence-electron chi connectivity index (χ2n) is 6.97. The molecule has 0 aliphatic carbocycles. The number of hydrogen-bond donors (Lipinski definition) is 0. The van der Waals surface area contributed by atoms with Crippen molar-refractivity contribution in [2.45, 2.75) is 26.2 Å². The van der Waals surface area contributed by atoms with Crippen molar-refractivity contribution in [3.05, 3.63) is 59.2 Å². The van der Waals surface area contributed by atoms with E-state index in [0.29, 0.717) is 0 Å². The first-order chi connectivity index (χ1) is 11.7. The van der Waals surface area contributed by atoms with Crippen LogP contribution in [0.4, 0.5) is 0 Å². The topological polar surface area (TPSA) is 35.5 Å². The lowest BCUT2D eigenvalue weighted by Crippen LogP contribution is -2.39. The Labute approximate surface area is 143 Å². The van der Waals surface area contributed by atoms with Crippen LogP contribution >= 0.6 is 0 Å². The van der Waals surface area contributed by atoms with Crippen LogP contribution in [0.25, 0.3) is 0 Å². The molecule has 0 saturated carbocycles. The van der Waals surface area contributed by atoms with Gasteiger partial charge in [0.15, 0.2) is 0 Å². The molecule has 0 saturated heterocycles. The number of likely N-dealkylation sites (N-methyl/N-ethyl adjacent to an activating group) is 1. The van der Waals surface area contributed by atoms with E-state index in [4.69, 9.17) is 9.97 Å². The van der Waals surface area contributed by atoms with E-state index in [1.54, 1.807) is 0 Å². The predicted molar refractivity (Wildman–Crippen MR) is 94.2 cm³/mol. The minimum atomic E-state index is 0.883. The molecule has 0 atom stereocenters. The smallest absolute Gasteiger partial charge is 0.0548 e. The summed E-state index contributed by atoms with van der Waals surface area (Å²) >= 11 is 0. The monoisotopic (exact) mass is 323 g/mol. The molecule has 6 bridgehead atoms. The van der Waals surface area contributed by atoms with Crippen LogP contribution in [0, 0.1) is 0 Å². The van der Waals surface area contributed by atoms with Gasteiger partial charge in [0.2, 0.25) is 0 Å². The Morgan fingerprint density at radius 3 is 1.38 bits per heavy atom. The van der Waals surface area contributed by atoms with E-state index in [9.17, 15) is 0 Å². The number of hydrogen-bond acceptors (Lipinski definition) is 5. The van der Waals surface area contributed by atoms with Gasteiger partial charge in [-0.05, 0) is 31.3 Å². The summed E-state index contributed by atoms with van der Waals surface area (Å²) < 4.78 is 0. The van der Waals surface area contributed by atoms with Crippen molar-refractivity contribution in [3.8, 4) is 0 Å². The molecule has 0 aromatic carbocycles. The minimum absolute atomic E-state index is 0.883. The molecule has 3 aliphatic rings. The summed E-state index contributed by atoms with van der Waals surface area (Å²) in [5.41, 5.74) is 4.64. The molecule has 24 heavy (non-hydrogen) atoms. The van der Waals surface area contributed by atoms with Gasteiger partial charge in [-0.1, -0.05) is 12.1 Å². The van der Waals surface area contributed by atoms with Crippen LogP contribution < -0.4 is 0 Å². The van der Waals surface area contributed by atoms with E-state index < -0.39 is 0 Å². The summed E-state index contributed by atoms with van der Waals surface area (Å²) in [7, 11) is 2.23. The molecule has 126 valence electrons. The fourth-order valence-corrected chi connectivity index (χ4v) is 3.49. The molecule has 5 rings (SSSR count). The Balaban J connectivity index is 1.76. The first-order valence-corrected chi connectivity index (χ1v) is 8.77. The minimum Gasteiger partial charge on any atom is -0.304 e. The highest BCUT2D eigenvalue weighted by Gasteiger charge is 2.17. The third-order valence-electron chi connectivity index (χ3n) is 4.87. The molecule has 0 spiro atoms. The average Bonchev–Trinajstić information content (AvgIpc) is 2.57. The second-order valence-corrected chi connectivity index (χ2v) is 6.97. The zero-order valence-corrected chi connectivity index (χ0v) is 14.4. The van der Waals surface area contributed by atoms with Crippen molar-refractivity contribution in [3.63, 3.8) is 0 Å². The van der Waals surface area contributed by atoms with Crippen LogP contribution in [0.1, 0.15) is 22.8 Å². The maximum Gasteiger partial charge on any atom is 0.0548 e. The SMILES string of the molecule is CN1CCN2Cc3cccc(n3)CN(CC1)Cc1cccc(n1)C2. The fraction of sp³-hybridized carbons (Fsp3) is 0.474. The Kier molecular flexibility index (Phi) is 4.56. The van der Waals surface area contributed by atoms with Gasteiger partial charge in [-0.3, -0.25) is 19.8 Å². The van der Waals surface area contributed by atoms with Crippen LogP contribution in [0.5, 0.6) is 0 Å². The molecule has 0 amide bonds. The molecule has 0 fully saturated rings. The van der Waals surface area contributed by atoms with Gasteiger partial charge < -0.3 is 4.90 Å². The van der Waals surface area contributed by atoms with Crippen molar-refractivity contribution in [2.75, 3.05) is 33.2 Å². The highest BCUT2D eigenvalue weighted by atomic mass is 15.2. The molecule has 0 unspecified atom stereocenters. The van der Waals surface area contributed by atoms with E-state index in [0.717, 1.165) is 75.1 Å². The van der Waals surface area contributed by atoms with Crippen molar-refractivity contribution >= 4 is 0 Å². The summed E-state index contributed by atoms with van der Waals surface area (Å²) in [4.78, 5) is 17.2. The summed E-state index contributed by atoms with van der Waals surface area (Å²) in [6.07, 6.45) is 0. The molecular formula is C19H25N5. The zero-order chi connectivity index (χ0) is 16.4. The van der Waals surface area contributed by atoms with Crippen LogP contribution in [-0.4, -0.2) is 57.9 Å². The predicted octanol–water partition coefficient (Wildman–Crippen LogP) is 1.74. The number of fused-ring (bicyclic) bond motifs is 4. The summed E-state index contributed by atoms with van der Waals surface area (Å²) in [5, 5.41) is 0. The first-order valence-electron chi connectivity index (χ1n) is 8.77.